The van der Waals surface area contributed by atoms with Crippen LogP contribution >= 0.6 is 11.6 Å². The predicted octanol–water partition coefficient (Wildman–Crippen LogP) is 3.81. The zero-order valence-electron chi connectivity index (χ0n) is 13.0. The SMILES string of the molecule is Cc1cc(Cl)ccc1NC(=O)/C(C#N)=C/c1ccc(O)c([N+](=O)[O-])c1. The molecular weight excluding hydrogens is 346 g/mol. The van der Waals surface area contributed by atoms with Gasteiger partial charge in [0.05, 0.1) is 4.92 Å². The number of nitro groups is 1. The lowest BCUT2D eigenvalue weighted by atomic mass is 10.1. The number of benzene rings is 2. The highest BCUT2D eigenvalue weighted by Crippen LogP contribution is 2.27. The van der Waals surface area contributed by atoms with Crippen LogP contribution in [0.15, 0.2) is 42.0 Å². The maximum Gasteiger partial charge on any atom is 0.311 e. The van der Waals surface area contributed by atoms with Crippen molar-refractivity contribution in [3.05, 3.63) is 68.2 Å². The Bertz CT molecular complexity index is 932. The number of hydrogen-bond acceptors (Lipinski definition) is 5. The van der Waals surface area contributed by atoms with E-state index >= 15 is 0 Å². The molecule has 0 saturated heterocycles. The lowest BCUT2D eigenvalue weighted by Crippen LogP contribution is -2.14. The van der Waals surface area contributed by atoms with E-state index in [2.05, 4.69) is 5.32 Å². The van der Waals surface area contributed by atoms with Crippen molar-refractivity contribution in [2.24, 2.45) is 0 Å². The molecule has 0 bridgehead atoms. The minimum Gasteiger partial charge on any atom is -0.502 e. The van der Waals surface area contributed by atoms with Crippen LogP contribution < -0.4 is 5.32 Å². The second-order valence-electron chi connectivity index (χ2n) is 5.09. The zero-order chi connectivity index (χ0) is 18.6. The molecule has 2 rings (SSSR count). The van der Waals surface area contributed by atoms with E-state index < -0.39 is 22.3 Å². The normalized spacial score (nSPS) is 10.8. The van der Waals surface area contributed by atoms with Crippen LogP contribution in [-0.4, -0.2) is 15.9 Å². The summed E-state index contributed by atoms with van der Waals surface area (Å²) in [6.45, 7) is 1.75. The number of nitriles is 1. The number of carbonyl (C=O) groups excluding carboxylic acids is 1. The molecule has 2 aromatic rings. The van der Waals surface area contributed by atoms with Gasteiger partial charge >= 0.3 is 5.69 Å². The van der Waals surface area contributed by atoms with Crippen LogP contribution in [0.1, 0.15) is 11.1 Å². The average Bonchev–Trinajstić information content (AvgIpc) is 2.56. The summed E-state index contributed by atoms with van der Waals surface area (Å²) >= 11 is 5.85. The molecule has 0 saturated carbocycles. The molecule has 0 heterocycles. The Labute approximate surface area is 147 Å². The number of halogens is 1. The van der Waals surface area contributed by atoms with E-state index in [1.54, 1.807) is 31.2 Å². The highest BCUT2D eigenvalue weighted by atomic mass is 35.5. The molecule has 2 aromatic carbocycles. The number of hydrogen-bond donors (Lipinski definition) is 2. The predicted molar refractivity (Wildman–Crippen MR) is 93.2 cm³/mol. The minimum absolute atomic E-state index is 0.240. The van der Waals surface area contributed by atoms with Crippen molar-refractivity contribution in [1.82, 2.24) is 0 Å². The van der Waals surface area contributed by atoms with Crippen LogP contribution in [0.3, 0.4) is 0 Å². The van der Waals surface area contributed by atoms with Crippen molar-refractivity contribution in [3.8, 4) is 11.8 Å². The second-order valence-corrected chi connectivity index (χ2v) is 5.52. The topological polar surface area (TPSA) is 116 Å². The van der Waals surface area contributed by atoms with Crippen LogP contribution in [0.4, 0.5) is 11.4 Å². The first-order valence-corrected chi connectivity index (χ1v) is 7.36. The molecule has 0 fully saturated rings. The maximum absolute atomic E-state index is 12.3. The van der Waals surface area contributed by atoms with E-state index in [-0.39, 0.29) is 11.1 Å². The quantitative estimate of drug-likeness (QED) is 0.373. The second kappa shape index (κ2) is 7.47. The van der Waals surface area contributed by atoms with Crippen molar-refractivity contribution in [1.29, 1.82) is 5.26 Å². The summed E-state index contributed by atoms with van der Waals surface area (Å²) < 4.78 is 0. The first-order valence-electron chi connectivity index (χ1n) is 6.98. The van der Waals surface area contributed by atoms with E-state index in [4.69, 9.17) is 11.6 Å². The Balaban J connectivity index is 2.31. The third-order valence-corrected chi connectivity index (χ3v) is 3.54. The molecule has 8 heteroatoms. The first-order chi connectivity index (χ1) is 11.8. The largest absolute Gasteiger partial charge is 0.502 e. The van der Waals surface area contributed by atoms with Gasteiger partial charge in [-0.25, -0.2) is 0 Å². The maximum atomic E-state index is 12.3. The van der Waals surface area contributed by atoms with Crippen LogP contribution in [0, 0.1) is 28.4 Å². The van der Waals surface area contributed by atoms with E-state index in [1.807, 2.05) is 0 Å². The highest BCUT2D eigenvalue weighted by Gasteiger charge is 2.15. The highest BCUT2D eigenvalue weighted by molar-refractivity contribution is 6.30. The third-order valence-electron chi connectivity index (χ3n) is 3.31. The lowest BCUT2D eigenvalue weighted by Gasteiger charge is -2.08. The molecule has 0 unspecified atom stereocenters. The van der Waals surface area contributed by atoms with E-state index in [0.717, 1.165) is 17.7 Å². The molecule has 0 aliphatic carbocycles. The van der Waals surface area contributed by atoms with Crippen molar-refractivity contribution in [2.45, 2.75) is 6.92 Å². The van der Waals surface area contributed by atoms with Crippen LogP contribution in [0.5, 0.6) is 5.75 Å². The molecule has 0 spiro atoms. The van der Waals surface area contributed by atoms with E-state index in [0.29, 0.717) is 10.7 Å². The fraction of sp³-hybridized carbons (Fsp3) is 0.0588. The summed E-state index contributed by atoms with van der Waals surface area (Å²) in [5.41, 5.74) is 0.698. The monoisotopic (exact) mass is 357 g/mol. The molecule has 0 aliphatic rings. The van der Waals surface area contributed by atoms with Crippen LogP contribution in [-0.2, 0) is 4.79 Å². The van der Waals surface area contributed by atoms with Gasteiger partial charge in [0.2, 0.25) is 0 Å². The summed E-state index contributed by atoms with van der Waals surface area (Å²) in [6.07, 6.45) is 1.20. The molecule has 0 aliphatic heterocycles. The number of aryl methyl sites for hydroxylation is 1. The Morgan fingerprint density at radius 3 is 2.68 bits per heavy atom. The number of amides is 1. The van der Waals surface area contributed by atoms with E-state index in [1.165, 1.54) is 12.1 Å². The molecule has 2 N–H and O–H groups in total. The molecule has 0 atom stereocenters. The Kier molecular flexibility index (Phi) is 5.37. The van der Waals surface area contributed by atoms with Gasteiger partial charge in [0.25, 0.3) is 5.91 Å². The van der Waals surface area contributed by atoms with E-state index in [9.17, 15) is 25.3 Å². The van der Waals surface area contributed by atoms with Gasteiger partial charge in [-0.15, -0.1) is 0 Å². The standard InChI is InChI=1S/C17H12ClN3O4/c1-10-6-13(18)3-4-14(10)20-17(23)12(9-19)7-11-2-5-16(22)15(8-11)21(24)25/h2-8,22H,1H3,(H,20,23)/b12-7+. The number of rotatable bonds is 4. The number of nitrogens with zero attached hydrogens (tertiary/aromatic N) is 2. The average molecular weight is 358 g/mol. The Hall–Kier alpha value is -3.37. The fourth-order valence-electron chi connectivity index (χ4n) is 2.05. The molecule has 0 aromatic heterocycles. The van der Waals surface area contributed by atoms with Gasteiger partial charge in [-0.3, -0.25) is 14.9 Å². The van der Waals surface area contributed by atoms with Gasteiger partial charge in [0.15, 0.2) is 5.75 Å². The smallest absolute Gasteiger partial charge is 0.311 e. The van der Waals surface area contributed by atoms with Gasteiger partial charge in [0.1, 0.15) is 11.6 Å². The number of phenols is 1. The Morgan fingerprint density at radius 1 is 1.36 bits per heavy atom. The van der Waals surface area contributed by atoms with Crippen LogP contribution in [0.25, 0.3) is 6.08 Å². The number of anilines is 1. The molecular formula is C17H12ClN3O4. The van der Waals surface area contributed by atoms with Crippen molar-refractivity contribution >= 4 is 35.0 Å². The molecule has 126 valence electrons. The molecule has 1 amide bonds. The van der Waals surface area contributed by atoms with Gasteiger partial charge < -0.3 is 10.4 Å². The zero-order valence-corrected chi connectivity index (χ0v) is 13.7. The first kappa shape index (κ1) is 18.0. The summed E-state index contributed by atoms with van der Waals surface area (Å²) in [7, 11) is 0. The molecule has 7 nitrogen and oxygen atoms in total. The number of nitro benzene ring substituents is 1. The van der Waals surface area contributed by atoms with Gasteiger partial charge in [-0.1, -0.05) is 17.7 Å². The summed E-state index contributed by atoms with van der Waals surface area (Å²) in [5.74, 6) is -1.16. The molecule has 0 radical (unpaired) electrons. The van der Waals surface area contributed by atoms with Crippen LogP contribution in [0.2, 0.25) is 5.02 Å². The number of phenolic OH excluding ortho intramolecular Hbond substituents is 1. The molecule has 25 heavy (non-hydrogen) atoms. The number of aromatic hydroxyl groups is 1. The minimum atomic E-state index is -0.754. The number of carbonyl (C=O) groups is 1. The third kappa shape index (κ3) is 4.34. The summed E-state index contributed by atoms with van der Waals surface area (Å²) in [5, 5.41) is 32.6. The summed E-state index contributed by atoms with van der Waals surface area (Å²) in [6, 6.07) is 10.2. The van der Waals surface area contributed by atoms with Crippen molar-refractivity contribution in [2.75, 3.05) is 5.32 Å². The fourth-order valence-corrected chi connectivity index (χ4v) is 2.28. The van der Waals surface area contributed by atoms with Crippen molar-refractivity contribution < 1.29 is 14.8 Å². The Morgan fingerprint density at radius 2 is 2.08 bits per heavy atom. The van der Waals surface area contributed by atoms with Gasteiger partial charge in [-0.2, -0.15) is 5.26 Å². The van der Waals surface area contributed by atoms with Gasteiger partial charge in [-0.05, 0) is 48.4 Å². The number of nitrogens with one attached hydrogen (secondary N) is 1. The lowest BCUT2D eigenvalue weighted by molar-refractivity contribution is -0.385. The summed E-state index contributed by atoms with van der Waals surface area (Å²) in [4.78, 5) is 22.3. The van der Waals surface area contributed by atoms with Crippen molar-refractivity contribution in [3.63, 3.8) is 0 Å². The van der Waals surface area contributed by atoms with Gasteiger partial charge in [0, 0.05) is 16.8 Å².